The molecule has 3 aromatic rings. The largest absolute Gasteiger partial charge is 0.467 e. The van der Waals surface area contributed by atoms with Gasteiger partial charge in [0, 0.05) is 11.9 Å². The number of thiophene rings is 1. The van der Waals surface area contributed by atoms with Crippen molar-refractivity contribution in [2.24, 2.45) is 5.84 Å². The molecule has 3 heterocycles. The molecule has 0 aromatic carbocycles. The van der Waals surface area contributed by atoms with Crippen molar-refractivity contribution in [1.82, 2.24) is 9.97 Å². The Morgan fingerprint density at radius 1 is 1.45 bits per heavy atom. The predicted octanol–water partition coefficient (Wildman–Crippen LogP) is 2.51. The van der Waals surface area contributed by atoms with E-state index in [4.69, 9.17) is 10.3 Å². The first-order chi connectivity index (χ1) is 9.67. The molecular formula is C13H15N5OS. The molecule has 3 rings (SSSR count). The third kappa shape index (κ3) is 2.33. The standard InChI is InChI=1S/C13H15N5OS/c1-8-6-10-11(15-13(17-14)16-12(10)20-8)18(2)7-9-4-3-5-19-9/h3-6H,7,14H2,1-2H3,(H,15,16,17). The lowest BCUT2D eigenvalue weighted by Crippen LogP contribution is -2.19. The van der Waals surface area contributed by atoms with Gasteiger partial charge < -0.3 is 9.32 Å². The van der Waals surface area contributed by atoms with E-state index in [1.54, 1.807) is 17.6 Å². The van der Waals surface area contributed by atoms with Crippen LogP contribution in [-0.2, 0) is 6.54 Å². The lowest BCUT2D eigenvalue weighted by atomic mass is 10.3. The summed E-state index contributed by atoms with van der Waals surface area (Å²) in [5.74, 6) is 7.58. The van der Waals surface area contributed by atoms with Gasteiger partial charge in [-0.3, -0.25) is 5.43 Å². The Morgan fingerprint density at radius 2 is 2.30 bits per heavy atom. The minimum Gasteiger partial charge on any atom is -0.467 e. The van der Waals surface area contributed by atoms with Gasteiger partial charge in [-0.05, 0) is 25.1 Å². The van der Waals surface area contributed by atoms with Gasteiger partial charge in [-0.1, -0.05) is 0 Å². The first-order valence-corrected chi connectivity index (χ1v) is 6.97. The molecule has 0 bridgehead atoms. The maximum absolute atomic E-state index is 5.45. The van der Waals surface area contributed by atoms with Crippen molar-refractivity contribution in [2.75, 3.05) is 17.4 Å². The molecule has 0 aliphatic rings. The SMILES string of the molecule is Cc1cc2c(N(C)Cc3ccco3)nc(NN)nc2s1. The van der Waals surface area contributed by atoms with E-state index in [-0.39, 0.29) is 0 Å². The molecule has 20 heavy (non-hydrogen) atoms. The Hall–Kier alpha value is -2.12. The molecule has 0 amide bonds. The number of fused-ring (bicyclic) bond motifs is 1. The summed E-state index contributed by atoms with van der Waals surface area (Å²) in [6.45, 7) is 2.69. The maximum atomic E-state index is 5.45. The smallest absolute Gasteiger partial charge is 0.240 e. The number of hydrogen-bond donors (Lipinski definition) is 2. The predicted molar refractivity (Wildman–Crippen MR) is 80.8 cm³/mol. The molecule has 0 radical (unpaired) electrons. The van der Waals surface area contributed by atoms with E-state index in [2.05, 4.69) is 28.4 Å². The molecule has 0 saturated carbocycles. The number of furan rings is 1. The van der Waals surface area contributed by atoms with Crippen LogP contribution in [0.25, 0.3) is 10.2 Å². The Morgan fingerprint density at radius 3 is 3.00 bits per heavy atom. The molecule has 3 N–H and O–H groups in total. The first-order valence-electron chi connectivity index (χ1n) is 6.15. The van der Waals surface area contributed by atoms with Gasteiger partial charge in [-0.25, -0.2) is 10.8 Å². The van der Waals surface area contributed by atoms with Crippen LogP contribution < -0.4 is 16.2 Å². The first kappa shape index (κ1) is 12.9. The van der Waals surface area contributed by atoms with Crippen molar-refractivity contribution in [3.63, 3.8) is 0 Å². The van der Waals surface area contributed by atoms with Gasteiger partial charge >= 0.3 is 0 Å². The summed E-state index contributed by atoms with van der Waals surface area (Å²) in [4.78, 5) is 13.0. The number of hydrogen-bond acceptors (Lipinski definition) is 7. The molecule has 0 fully saturated rings. The monoisotopic (exact) mass is 289 g/mol. The summed E-state index contributed by atoms with van der Waals surface area (Å²) in [6.07, 6.45) is 1.67. The van der Waals surface area contributed by atoms with Crippen molar-refractivity contribution >= 4 is 33.3 Å². The van der Waals surface area contributed by atoms with Crippen LogP contribution in [0.15, 0.2) is 28.9 Å². The molecule has 0 unspecified atom stereocenters. The summed E-state index contributed by atoms with van der Waals surface area (Å²) in [6, 6.07) is 5.91. The molecule has 0 saturated heterocycles. The van der Waals surface area contributed by atoms with Gasteiger partial charge in [-0.2, -0.15) is 4.98 Å². The Bertz CT molecular complexity index is 722. The molecule has 0 spiro atoms. The zero-order valence-electron chi connectivity index (χ0n) is 11.3. The van der Waals surface area contributed by atoms with Gasteiger partial charge in [0.2, 0.25) is 5.95 Å². The quantitative estimate of drug-likeness (QED) is 0.567. The van der Waals surface area contributed by atoms with Crippen molar-refractivity contribution in [3.05, 3.63) is 35.1 Å². The lowest BCUT2D eigenvalue weighted by Gasteiger charge is -2.18. The highest BCUT2D eigenvalue weighted by Gasteiger charge is 2.14. The number of nitrogens with one attached hydrogen (secondary N) is 1. The summed E-state index contributed by atoms with van der Waals surface area (Å²) in [5, 5.41) is 1.03. The molecule has 0 aliphatic carbocycles. The highest BCUT2D eigenvalue weighted by molar-refractivity contribution is 7.18. The summed E-state index contributed by atoms with van der Waals surface area (Å²) >= 11 is 1.62. The zero-order chi connectivity index (χ0) is 14.1. The van der Waals surface area contributed by atoms with Crippen molar-refractivity contribution in [3.8, 4) is 0 Å². The minimum absolute atomic E-state index is 0.417. The fourth-order valence-electron chi connectivity index (χ4n) is 2.09. The summed E-state index contributed by atoms with van der Waals surface area (Å²) < 4.78 is 5.38. The normalized spacial score (nSPS) is 10.9. The number of nitrogens with two attached hydrogens (primary N) is 1. The lowest BCUT2D eigenvalue weighted by molar-refractivity contribution is 0.507. The van der Waals surface area contributed by atoms with Crippen LogP contribution in [0.3, 0.4) is 0 Å². The Balaban J connectivity index is 2.04. The van der Waals surface area contributed by atoms with Crippen LogP contribution in [0, 0.1) is 6.92 Å². The Kier molecular flexibility index (Phi) is 3.29. The van der Waals surface area contributed by atoms with Gasteiger partial charge in [0.1, 0.15) is 16.4 Å². The average Bonchev–Trinajstić information content (AvgIpc) is 3.05. The van der Waals surface area contributed by atoms with E-state index in [1.807, 2.05) is 24.1 Å². The molecule has 7 heteroatoms. The van der Waals surface area contributed by atoms with E-state index in [0.717, 1.165) is 21.8 Å². The topological polar surface area (TPSA) is 80.2 Å². The number of nitrogens with zero attached hydrogens (tertiary/aromatic N) is 3. The van der Waals surface area contributed by atoms with E-state index >= 15 is 0 Å². The number of aromatic nitrogens is 2. The molecule has 104 valence electrons. The number of nitrogen functional groups attached to an aromatic ring is 1. The fraction of sp³-hybridized carbons (Fsp3) is 0.231. The summed E-state index contributed by atoms with van der Waals surface area (Å²) in [5.41, 5.74) is 2.52. The second-order valence-electron chi connectivity index (χ2n) is 4.53. The van der Waals surface area contributed by atoms with Gasteiger partial charge in [0.05, 0.1) is 18.2 Å². The van der Waals surface area contributed by atoms with E-state index < -0.39 is 0 Å². The molecule has 6 nitrogen and oxygen atoms in total. The number of aryl methyl sites for hydroxylation is 1. The fourth-order valence-corrected chi connectivity index (χ4v) is 2.97. The number of hydrazine groups is 1. The third-order valence-corrected chi connectivity index (χ3v) is 3.90. The van der Waals surface area contributed by atoms with Crippen LogP contribution in [-0.4, -0.2) is 17.0 Å². The van der Waals surface area contributed by atoms with Gasteiger partial charge in [0.25, 0.3) is 0 Å². The van der Waals surface area contributed by atoms with Crippen molar-refractivity contribution in [1.29, 1.82) is 0 Å². The number of rotatable bonds is 4. The second-order valence-corrected chi connectivity index (χ2v) is 5.76. The van der Waals surface area contributed by atoms with Gasteiger partial charge in [0.15, 0.2) is 0 Å². The van der Waals surface area contributed by atoms with Crippen molar-refractivity contribution in [2.45, 2.75) is 13.5 Å². The molecule has 3 aromatic heterocycles. The van der Waals surface area contributed by atoms with Crippen LogP contribution in [0.2, 0.25) is 0 Å². The third-order valence-electron chi connectivity index (χ3n) is 2.96. The van der Waals surface area contributed by atoms with E-state index in [9.17, 15) is 0 Å². The zero-order valence-corrected chi connectivity index (χ0v) is 12.1. The minimum atomic E-state index is 0.417. The highest BCUT2D eigenvalue weighted by Crippen LogP contribution is 2.31. The van der Waals surface area contributed by atoms with Crippen molar-refractivity contribution < 1.29 is 4.42 Å². The molecule has 0 atom stereocenters. The molecular weight excluding hydrogens is 274 g/mol. The number of anilines is 2. The van der Waals surface area contributed by atoms with Crippen LogP contribution >= 0.6 is 11.3 Å². The Labute approximate surface area is 120 Å². The van der Waals surface area contributed by atoms with E-state index in [0.29, 0.717) is 12.5 Å². The van der Waals surface area contributed by atoms with Crippen LogP contribution in [0.4, 0.5) is 11.8 Å². The molecule has 0 aliphatic heterocycles. The summed E-state index contributed by atoms with van der Waals surface area (Å²) in [7, 11) is 1.97. The van der Waals surface area contributed by atoms with E-state index in [1.165, 1.54) is 4.88 Å². The average molecular weight is 289 g/mol. The van der Waals surface area contributed by atoms with Crippen LogP contribution in [0.5, 0.6) is 0 Å². The van der Waals surface area contributed by atoms with Crippen LogP contribution in [0.1, 0.15) is 10.6 Å². The van der Waals surface area contributed by atoms with Gasteiger partial charge in [-0.15, -0.1) is 11.3 Å². The highest BCUT2D eigenvalue weighted by atomic mass is 32.1. The second kappa shape index (κ2) is 5.10. The maximum Gasteiger partial charge on any atom is 0.240 e.